The predicted octanol–water partition coefficient (Wildman–Crippen LogP) is 2.58. The minimum Gasteiger partial charge on any atom is -0.312 e. The van der Waals surface area contributed by atoms with E-state index in [4.69, 9.17) is 0 Å². The van der Waals surface area contributed by atoms with Crippen molar-refractivity contribution in [2.24, 2.45) is 11.3 Å². The van der Waals surface area contributed by atoms with Crippen molar-refractivity contribution in [3.05, 3.63) is 0 Å². The van der Waals surface area contributed by atoms with E-state index >= 15 is 0 Å². The Balaban J connectivity index is 2.38. The molecule has 1 heterocycles. The molecule has 1 N–H and O–H groups in total. The third-order valence-electron chi connectivity index (χ3n) is 3.75. The normalized spacial score (nSPS) is 20.9. The van der Waals surface area contributed by atoms with Crippen LogP contribution in [-0.4, -0.2) is 35.3 Å². The van der Waals surface area contributed by atoms with Gasteiger partial charge in [0.05, 0.1) is 5.92 Å². The number of hydrogen-bond acceptors (Lipinski definition) is 3. The zero-order chi connectivity index (χ0) is 15.6. The Hall–Kier alpha value is -0.900. The summed E-state index contributed by atoms with van der Waals surface area (Å²) in [5.41, 5.74) is -0.00804. The van der Waals surface area contributed by atoms with E-state index < -0.39 is 0 Å². The van der Waals surface area contributed by atoms with Gasteiger partial charge in [-0.25, -0.2) is 0 Å². The second kappa shape index (κ2) is 6.25. The van der Waals surface area contributed by atoms with Crippen LogP contribution in [0.3, 0.4) is 0 Å². The predicted molar refractivity (Wildman–Crippen MR) is 81.3 cm³/mol. The molecule has 20 heavy (non-hydrogen) atoms. The fourth-order valence-corrected chi connectivity index (χ4v) is 2.45. The van der Waals surface area contributed by atoms with Gasteiger partial charge >= 0.3 is 0 Å². The maximum Gasteiger partial charge on any atom is 0.233 e. The Labute approximate surface area is 123 Å². The van der Waals surface area contributed by atoms with Gasteiger partial charge < -0.3 is 5.32 Å². The molecule has 0 saturated carbocycles. The highest BCUT2D eigenvalue weighted by Crippen LogP contribution is 2.35. The smallest absolute Gasteiger partial charge is 0.233 e. The molecule has 1 aliphatic heterocycles. The SMILES string of the molecule is CC(C)(C)NCCCCN1C(=O)CC(C(C)(C)C)C1=O. The second-order valence-corrected chi connectivity index (χ2v) is 7.89. The van der Waals surface area contributed by atoms with Gasteiger partial charge in [-0.1, -0.05) is 20.8 Å². The summed E-state index contributed by atoms with van der Waals surface area (Å²) in [5.74, 6) is -0.132. The van der Waals surface area contributed by atoms with Gasteiger partial charge in [-0.3, -0.25) is 14.5 Å². The van der Waals surface area contributed by atoms with Crippen LogP contribution in [0.15, 0.2) is 0 Å². The van der Waals surface area contributed by atoms with Crippen molar-refractivity contribution < 1.29 is 9.59 Å². The summed E-state index contributed by atoms with van der Waals surface area (Å²) in [5, 5.41) is 3.41. The van der Waals surface area contributed by atoms with E-state index in [9.17, 15) is 9.59 Å². The van der Waals surface area contributed by atoms with Crippen LogP contribution in [-0.2, 0) is 9.59 Å². The van der Waals surface area contributed by atoms with Gasteiger partial charge in [-0.2, -0.15) is 0 Å². The molecular weight excluding hydrogens is 252 g/mol. The van der Waals surface area contributed by atoms with Gasteiger partial charge in [-0.15, -0.1) is 0 Å². The largest absolute Gasteiger partial charge is 0.312 e. The molecule has 4 heteroatoms. The molecule has 1 saturated heterocycles. The van der Waals surface area contributed by atoms with Gasteiger partial charge in [0.2, 0.25) is 11.8 Å². The number of carbonyl (C=O) groups is 2. The van der Waals surface area contributed by atoms with Crippen LogP contribution in [0.25, 0.3) is 0 Å². The number of hydrogen-bond donors (Lipinski definition) is 1. The fraction of sp³-hybridized carbons (Fsp3) is 0.875. The first-order valence-electron chi connectivity index (χ1n) is 7.61. The van der Waals surface area contributed by atoms with Crippen LogP contribution in [0.2, 0.25) is 0 Å². The van der Waals surface area contributed by atoms with E-state index in [1.807, 2.05) is 20.8 Å². The van der Waals surface area contributed by atoms with Crippen molar-refractivity contribution in [1.29, 1.82) is 0 Å². The summed E-state index contributed by atoms with van der Waals surface area (Å²) < 4.78 is 0. The fourth-order valence-electron chi connectivity index (χ4n) is 2.45. The average Bonchev–Trinajstić information content (AvgIpc) is 2.53. The number of nitrogens with zero attached hydrogens (tertiary/aromatic N) is 1. The first kappa shape index (κ1) is 17.2. The number of carbonyl (C=O) groups excluding carboxylic acids is 2. The van der Waals surface area contributed by atoms with Gasteiger partial charge in [0.1, 0.15) is 0 Å². The maximum atomic E-state index is 12.3. The summed E-state index contributed by atoms with van der Waals surface area (Å²) >= 11 is 0. The first-order valence-corrected chi connectivity index (χ1v) is 7.61. The van der Waals surface area contributed by atoms with E-state index in [1.54, 1.807) is 0 Å². The van der Waals surface area contributed by atoms with Crippen molar-refractivity contribution >= 4 is 11.8 Å². The number of unbranched alkanes of at least 4 members (excludes halogenated alkanes) is 1. The van der Waals surface area contributed by atoms with Crippen molar-refractivity contribution in [3.8, 4) is 0 Å². The van der Waals surface area contributed by atoms with Crippen LogP contribution in [0.1, 0.15) is 60.8 Å². The molecule has 1 aliphatic rings. The molecule has 4 nitrogen and oxygen atoms in total. The lowest BCUT2D eigenvalue weighted by atomic mass is 9.80. The summed E-state index contributed by atoms with van der Waals surface area (Å²) in [6.45, 7) is 14.0. The van der Waals surface area contributed by atoms with Crippen LogP contribution in [0.4, 0.5) is 0 Å². The molecule has 1 unspecified atom stereocenters. The van der Waals surface area contributed by atoms with Crippen molar-refractivity contribution in [3.63, 3.8) is 0 Å². The summed E-state index contributed by atoms with van der Waals surface area (Å²) in [6.07, 6.45) is 2.23. The van der Waals surface area contributed by atoms with Crippen molar-refractivity contribution in [2.75, 3.05) is 13.1 Å². The van der Waals surface area contributed by atoms with Gasteiger partial charge in [-0.05, 0) is 45.6 Å². The zero-order valence-electron chi connectivity index (χ0n) is 13.9. The molecule has 0 aliphatic carbocycles. The molecule has 1 atom stereocenters. The lowest BCUT2D eigenvalue weighted by Gasteiger charge is -2.25. The van der Waals surface area contributed by atoms with Gasteiger partial charge in [0.15, 0.2) is 0 Å². The Morgan fingerprint density at radius 3 is 2.15 bits per heavy atom. The highest BCUT2D eigenvalue weighted by Gasteiger charge is 2.44. The summed E-state index contributed by atoms with van der Waals surface area (Å²) in [7, 11) is 0. The number of imide groups is 1. The lowest BCUT2D eigenvalue weighted by molar-refractivity contribution is -0.140. The molecule has 116 valence electrons. The number of nitrogens with one attached hydrogen (secondary N) is 1. The van der Waals surface area contributed by atoms with E-state index in [2.05, 4.69) is 26.1 Å². The molecule has 2 amide bonds. The Morgan fingerprint density at radius 2 is 1.70 bits per heavy atom. The molecule has 1 fully saturated rings. The van der Waals surface area contributed by atoms with Crippen LogP contribution >= 0.6 is 0 Å². The van der Waals surface area contributed by atoms with Crippen LogP contribution in [0, 0.1) is 11.3 Å². The molecule has 1 rings (SSSR count). The molecule has 0 aromatic heterocycles. The van der Waals surface area contributed by atoms with Gasteiger partial charge in [0, 0.05) is 18.5 Å². The van der Waals surface area contributed by atoms with Crippen molar-refractivity contribution in [2.45, 2.75) is 66.3 Å². The monoisotopic (exact) mass is 282 g/mol. The number of amides is 2. The quantitative estimate of drug-likeness (QED) is 0.623. The van der Waals surface area contributed by atoms with Crippen molar-refractivity contribution in [1.82, 2.24) is 10.2 Å². The molecule has 0 bridgehead atoms. The standard InChI is InChI=1S/C16H30N2O2/c1-15(2,3)12-11-13(19)18(14(12)20)10-8-7-9-17-16(4,5)6/h12,17H,7-11H2,1-6H3. The first-order chi connectivity index (χ1) is 9.02. The Bertz CT molecular complexity index is 364. The van der Waals surface area contributed by atoms with E-state index in [1.165, 1.54) is 4.90 Å². The average molecular weight is 282 g/mol. The maximum absolute atomic E-state index is 12.3. The van der Waals surface area contributed by atoms with E-state index in [0.717, 1.165) is 19.4 Å². The molecule has 0 radical (unpaired) electrons. The number of rotatable bonds is 5. The minimum absolute atomic E-state index is 0.00120. The molecule has 0 aromatic rings. The van der Waals surface area contributed by atoms with E-state index in [-0.39, 0.29) is 28.7 Å². The molecular formula is C16H30N2O2. The third kappa shape index (κ3) is 4.89. The summed E-state index contributed by atoms with van der Waals surface area (Å²) in [6, 6.07) is 0. The highest BCUT2D eigenvalue weighted by molar-refractivity contribution is 6.03. The van der Waals surface area contributed by atoms with E-state index in [0.29, 0.717) is 13.0 Å². The zero-order valence-corrected chi connectivity index (χ0v) is 13.9. The van der Waals surface area contributed by atoms with Crippen LogP contribution < -0.4 is 5.32 Å². The Kier molecular flexibility index (Phi) is 5.36. The highest BCUT2D eigenvalue weighted by atomic mass is 16.2. The lowest BCUT2D eigenvalue weighted by Crippen LogP contribution is -2.37. The second-order valence-electron chi connectivity index (χ2n) is 7.89. The third-order valence-corrected chi connectivity index (χ3v) is 3.75. The minimum atomic E-state index is -0.150. The topological polar surface area (TPSA) is 49.4 Å². The Morgan fingerprint density at radius 1 is 1.10 bits per heavy atom. The molecule has 0 spiro atoms. The van der Waals surface area contributed by atoms with Gasteiger partial charge in [0.25, 0.3) is 0 Å². The summed E-state index contributed by atoms with van der Waals surface area (Å²) in [4.78, 5) is 25.7. The van der Waals surface area contributed by atoms with Crippen LogP contribution in [0.5, 0.6) is 0 Å². The number of likely N-dealkylation sites (tertiary alicyclic amines) is 1. The molecule has 0 aromatic carbocycles.